The topological polar surface area (TPSA) is 217 Å². The molecule has 1 unspecified atom stereocenters. The Morgan fingerprint density at radius 1 is 0.750 bits per heavy atom. The molecule has 3 aliphatic rings. The van der Waals surface area contributed by atoms with E-state index in [9.17, 15) is 33.6 Å². The highest BCUT2D eigenvalue weighted by atomic mass is 32.2. The van der Waals surface area contributed by atoms with Crippen LogP contribution < -0.4 is 16.1 Å². The van der Waals surface area contributed by atoms with E-state index in [-0.39, 0.29) is 62.6 Å². The second kappa shape index (κ2) is 16.4. The molecule has 4 amide bonds. The van der Waals surface area contributed by atoms with Crippen LogP contribution in [0.15, 0.2) is 56.6 Å². The number of hydrogen-bond acceptors (Lipinski definition) is 12. The highest BCUT2D eigenvalue weighted by Crippen LogP contribution is 2.25. The Morgan fingerprint density at radius 2 is 1.34 bits per heavy atom. The lowest BCUT2D eigenvalue weighted by molar-refractivity contribution is -0.125. The lowest BCUT2D eigenvalue weighted by atomic mass is 9.93. The van der Waals surface area contributed by atoms with E-state index >= 15 is 0 Å². The first kappa shape index (κ1) is 37.6. The monoisotopic (exact) mass is 634 g/mol. The third-order valence-corrected chi connectivity index (χ3v) is 7.36. The molecule has 240 valence electrons. The lowest BCUT2D eigenvalue weighted by Crippen LogP contribution is -2.27. The highest BCUT2D eigenvalue weighted by molar-refractivity contribution is 8.15. The summed E-state index contributed by atoms with van der Waals surface area (Å²) in [7, 11) is 0. The molecule has 1 saturated heterocycles. The summed E-state index contributed by atoms with van der Waals surface area (Å²) < 4.78 is 4.73. The molecule has 14 heteroatoms. The first-order valence-corrected chi connectivity index (χ1v) is 14.5. The van der Waals surface area contributed by atoms with Crippen LogP contribution in [-0.4, -0.2) is 55.1 Å². The Kier molecular flexibility index (Phi) is 14.0. The molecular formula is C30H38N2O11S. The number of rotatable bonds is 4. The van der Waals surface area contributed by atoms with Gasteiger partial charge in [0.2, 0.25) is 17.1 Å². The van der Waals surface area contributed by atoms with E-state index in [4.69, 9.17) is 19.7 Å². The van der Waals surface area contributed by atoms with Gasteiger partial charge in [0, 0.05) is 17.2 Å². The molecule has 1 aromatic rings. The summed E-state index contributed by atoms with van der Waals surface area (Å²) in [5, 5.41) is 30.8. The fourth-order valence-corrected chi connectivity index (χ4v) is 4.49. The van der Waals surface area contributed by atoms with Crippen LogP contribution in [0.25, 0.3) is 0 Å². The van der Waals surface area contributed by atoms with Gasteiger partial charge in [-0.1, -0.05) is 67.2 Å². The van der Waals surface area contributed by atoms with E-state index in [1.165, 1.54) is 12.3 Å². The van der Waals surface area contributed by atoms with Gasteiger partial charge in [0.15, 0.2) is 23.1 Å². The molecule has 1 atom stereocenters. The molecule has 0 saturated carbocycles. The summed E-state index contributed by atoms with van der Waals surface area (Å²) in [5.41, 5.74) is 0.714. The molecule has 4 rings (SSSR count). The minimum Gasteiger partial charge on any atom is -0.504 e. The van der Waals surface area contributed by atoms with Crippen LogP contribution in [0.2, 0.25) is 0 Å². The smallest absolute Gasteiger partial charge is 0.293 e. The fraction of sp³-hybridized carbons (Fsp3) is 0.433. The summed E-state index contributed by atoms with van der Waals surface area (Å²) in [5.74, 6) is -3.15. The first-order chi connectivity index (χ1) is 20.3. The molecule has 1 fully saturated rings. The molecule has 0 spiro atoms. The van der Waals surface area contributed by atoms with Gasteiger partial charge in [-0.05, 0) is 29.7 Å². The Bertz CT molecular complexity index is 1460. The fourth-order valence-electron chi connectivity index (χ4n) is 3.67. The quantitative estimate of drug-likeness (QED) is 0.236. The predicted molar refractivity (Wildman–Crippen MR) is 162 cm³/mol. The van der Waals surface area contributed by atoms with Gasteiger partial charge in [0.1, 0.15) is 6.26 Å². The van der Waals surface area contributed by atoms with E-state index in [0.717, 1.165) is 24.1 Å². The van der Waals surface area contributed by atoms with Crippen LogP contribution in [0.3, 0.4) is 0 Å². The van der Waals surface area contributed by atoms with Crippen molar-refractivity contribution in [3.05, 3.63) is 63.1 Å². The average Bonchev–Trinajstić information content (AvgIpc) is 3.39. The van der Waals surface area contributed by atoms with Gasteiger partial charge < -0.3 is 19.7 Å². The second-order valence-corrected chi connectivity index (χ2v) is 12.1. The summed E-state index contributed by atoms with van der Waals surface area (Å²) >= 11 is 1.08. The van der Waals surface area contributed by atoms with Crippen molar-refractivity contribution < 1.29 is 48.5 Å². The van der Waals surface area contributed by atoms with Crippen LogP contribution in [0.1, 0.15) is 66.9 Å². The van der Waals surface area contributed by atoms with E-state index < -0.39 is 29.1 Å². The van der Waals surface area contributed by atoms with Gasteiger partial charge in [0.05, 0.1) is 17.1 Å². The largest absolute Gasteiger partial charge is 0.504 e. The number of ketones is 2. The van der Waals surface area contributed by atoms with Crippen molar-refractivity contribution in [1.82, 2.24) is 10.6 Å². The second-order valence-electron chi connectivity index (χ2n) is 11.0. The number of aliphatic hydroxyl groups is 2. The molecule has 44 heavy (non-hydrogen) atoms. The number of hydrogen-bond donors (Lipinski definition) is 5. The molecule has 13 nitrogen and oxygen atoms in total. The Balaban J connectivity index is 0.000000294. The highest BCUT2D eigenvalue weighted by Gasteiger charge is 2.33. The molecule has 0 aromatic carbocycles. The van der Waals surface area contributed by atoms with Crippen molar-refractivity contribution >= 4 is 46.3 Å². The normalized spacial score (nSPS) is 17.9. The molecule has 0 radical (unpaired) electrons. The van der Waals surface area contributed by atoms with Crippen molar-refractivity contribution in [1.29, 1.82) is 0 Å². The van der Waals surface area contributed by atoms with Crippen molar-refractivity contribution in [3.8, 4) is 5.75 Å². The zero-order chi connectivity index (χ0) is 34.0. The van der Waals surface area contributed by atoms with E-state index in [0.29, 0.717) is 11.1 Å². The molecule has 1 aliphatic carbocycles. The van der Waals surface area contributed by atoms with Crippen LogP contribution in [-0.2, 0) is 24.0 Å². The number of amides is 4. The molecular weight excluding hydrogens is 596 g/mol. The molecule has 5 N–H and O–H groups in total. The summed E-state index contributed by atoms with van der Waals surface area (Å²) in [6.45, 7) is 14.7. The molecule has 3 heterocycles. The zero-order valence-corrected chi connectivity index (χ0v) is 26.5. The van der Waals surface area contributed by atoms with Crippen LogP contribution >= 0.6 is 11.8 Å². The zero-order valence-electron chi connectivity index (χ0n) is 25.7. The number of nitrogens with one attached hydrogen (secondary N) is 2. The standard InChI is InChI=1S/C9H10O3.C8H10O3.C7H9NO3.C6H9NO2S/c1-5(2)7-3-6(10)4-8(11)9(7)12;1-5(2)6-3-11-4-7(9)8(6)10;1-3(2)4-5(9)7(11)8-6(4)10;1-3(2)4-5(8)7-6(9)10-4/h3-5,11H,1-2H3;3-5,9H,1-2H3;3H,1-2H3,(H2,8,9,10,11);3-4H,1-2H3,(H,7,8,9). The van der Waals surface area contributed by atoms with E-state index in [2.05, 4.69) is 5.32 Å². The van der Waals surface area contributed by atoms with Crippen LogP contribution in [0.4, 0.5) is 4.79 Å². The average molecular weight is 635 g/mol. The van der Waals surface area contributed by atoms with E-state index in [1.807, 2.05) is 33.0 Å². The van der Waals surface area contributed by atoms with Gasteiger partial charge in [-0.15, -0.1) is 0 Å². The van der Waals surface area contributed by atoms with Gasteiger partial charge >= 0.3 is 0 Å². The number of carbonyl (C=O) groups is 6. The molecule has 0 bridgehead atoms. The first-order valence-electron chi connectivity index (χ1n) is 13.6. The van der Waals surface area contributed by atoms with E-state index in [1.54, 1.807) is 27.7 Å². The van der Waals surface area contributed by atoms with Crippen molar-refractivity contribution in [2.24, 2.45) is 17.8 Å². The number of imide groups is 2. The summed E-state index contributed by atoms with van der Waals surface area (Å²) in [6.07, 6.45) is 4.61. The maximum atomic E-state index is 11.2. The Labute approximate surface area is 258 Å². The Hall–Kier alpha value is -4.46. The van der Waals surface area contributed by atoms with Crippen molar-refractivity contribution in [2.45, 2.75) is 66.6 Å². The van der Waals surface area contributed by atoms with Gasteiger partial charge in [-0.25, -0.2) is 0 Å². The SMILES string of the molecule is CC(C)C1=C(O)C(=O)NC1=O.CC(C)C1=CC(=O)C=C(O)C1=O.CC(C)C1SC(=O)NC1=O.CC(C)c1cocc(O)c1=O. The number of aliphatic hydroxyl groups excluding tert-OH is 2. The predicted octanol–water partition coefficient (Wildman–Crippen LogP) is 3.74. The van der Waals surface area contributed by atoms with Crippen molar-refractivity contribution in [2.75, 3.05) is 0 Å². The summed E-state index contributed by atoms with van der Waals surface area (Å²) in [4.78, 5) is 76.2. The number of Topliss-reactive ketones (excluding diaryl/α,β-unsaturated/α-hetero) is 1. The van der Waals surface area contributed by atoms with Crippen LogP contribution in [0.5, 0.6) is 5.75 Å². The number of thioether (sulfide) groups is 1. The van der Waals surface area contributed by atoms with Crippen LogP contribution in [0, 0.1) is 17.8 Å². The Morgan fingerprint density at radius 3 is 1.68 bits per heavy atom. The molecule has 2 aliphatic heterocycles. The van der Waals surface area contributed by atoms with Gasteiger partial charge in [-0.3, -0.25) is 44.2 Å². The lowest BCUT2D eigenvalue weighted by Gasteiger charge is -2.11. The van der Waals surface area contributed by atoms with Gasteiger partial charge in [0.25, 0.3) is 17.1 Å². The number of carbonyl (C=O) groups excluding carboxylic acids is 6. The third kappa shape index (κ3) is 10.4. The number of allylic oxidation sites excluding steroid dienone is 3. The minimum atomic E-state index is -0.696. The van der Waals surface area contributed by atoms with Crippen molar-refractivity contribution in [3.63, 3.8) is 0 Å². The molecule has 1 aromatic heterocycles. The summed E-state index contributed by atoms with van der Waals surface area (Å²) in [6, 6.07) is 0. The number of aromatic hydroxyl groups is 1. The maximum Gasteiger partial charge on any atom is 0.293 e. The maximum absolute atomic E-state index is 11.2. The third-order valence-electron chi connectivity index (χ3n) is 6.03. The minimum absolute atomic E-state index is 0.0303. The van der Waals surface area contributed by atoms with Gasteiger partial charge in [-0.2, -0.15) is 0 Å².